The molecule has 0 amide bonds. The molecule has 1 aromatic carbocycles. The lowest BCUT2D eigenvalue weighted by molar-refractivity contribution is 0.529. The first kappa shape index (κ1) is 23.1. The number of hydrogen-bond acceptors (Lipinski definition) is 3. The number of aliphatic imine (C=N–C) groups is 1. The highest BCUT2D eigenvalue weighted by Gasteiger charge is 2.21. The van der Waals surface area contributed by atoms with Crippen molar-refractivity contribution in [3.8, 4) is 0 Å². The monoisotopic (exact) mass is 471 g/mol. The van der Waals surface area contributed by atoms with Crippen LogP contribution in [-0.4, -0.2) is 46.0 Å². The van der Waals surface area contributed by atoms with E-state index in [1.165, 1.54) is 18.4 Å². The van der Waals surface area contributed by atoms with Gasteiger partial charge in [-0.05, 0) is 24.6 Å². The molecule has 0 fully saturated rings. The molecule has 1 aromatic rings. The molecule has 0 aliphatic rings. The molecule has 0 unspecified atom stereocenters. The summed E-state index contributed by atoms with van der Waals surface area (Å²) in [5.41, 5.74) is 0.537. The minimum absolute atomic E-state index is 0. The summed E-state index contributed by atoms with van der Waals surface area (Å²) in [7, 11) is -3.01. The molecule has 0 atom stereocenters. The Morgan fingerprint density at radius 1 is 1.29 bits per heavy atom. The van der Waals surface area contributed by atoms with Crippen molar-refractivity contribution in [3.63, 3.8) is 0 Å². The number of halogens is 2. The van der Waals surface area contributed by atoms with E-state index in [-0.39, 0.29) is 41.0 Å². The Morgan fingerprint density at radius 2 is 1.96 bits per heavy atom. The fourth-order valence-corrected chi connectivity index (χ4v) is 2.45. The quantitative estimate of drug-likeness (QED) is 0.364. The molecule has 0 aliphatic carbocycles. The summed E-state index contributed by atoms with van der Waals surface area (Å²) in [6.07, 6.45) is 1.20. The van der Waals surface area contributed by atoms with Gasteiger partial charge in [-0.25, -0.2) is 12.8 Å². The maximum absolute atomic E-state index is 13.4. The molecule has 2 N–H and O–H groups in total. The van der Waals surface area contributed by atoms with E-state index in [0.717, 1.165) is 5.56 Å². The first-order valence-corrected chi connectivity index (χ1v) is 9.66. The van der Waals surface area contributed by atoms with Crippen LogP contribution in [0.2, 0.25) is 0 Å². The smallest absolute Gasteiger partial charge is 0.191 e. The summed E-state index contributed by atoms with van der Waals surface area (Å²) >= 11 is 0. The lowest BCUT2D eigenvalue weighted by Crippen LogP contribution is -2.40. The maximum Gasteiger partial charge on any atom is 0.191 e. The van der Waals surface area contributed by atoms with Crippen LogP contribution < -0.4 is 10.6 Å². The third-order valence-corrected chi connectivity index (χ3v) is 4.29. The first-order valence-electron chi connectivity index (χ1n) is 7.60. The summed E-state index contributed by atoms with van der Waals surface area (Å²) in [6.45, 7) is 7.34. The minimum Gasteiger partial charge on any atom is -0.357 e. The molecule has 0 aromatic heterocycles. The molecule has 0 saturated heterocycles. The predicted octanol–water partition coefficient (Wildman–Crippen LogP) is 2.32. The lowest BCUT2D eigenvalue weighted by atomic mass is 9.85. The Labute approximate surface area is 161 Å². The summed E-state index contributed by atoms with van der Waals surface area (Å²) in [4.78, 5) is 4.49. The topological polar surface area (TPSA) is 70.6 Å². The molecule has 1 rings (SSSR count). The highest BCUT2D eigenvalue weighted by Crippen LogP contribution is 2.24. The van der Waals surface area contributed by atoms with Gasteiger partial charge in [0.05, 0.1) is 12.3 Å². The van der Waals surface area contributed by atoms with Gasteiger partial charge in [0.1, 0.15) is 15.7 Å². The van der Waals surface area contributed by atoms with Crippen molar-refractivity contribution in [3.05, 3.63) is 35.6 Å². The van der Waals surface area contributed by atoms with E-state index in [0.29, 0.717) is 25.6 Å². The van der Waals surface area contributed by atoms with E-state index >= 15 is 0 Å². The van der Waals surface area contributed by atoms with Crippen LogP contribution in [0.5, 0.6) is 0 Å². The van der Waals surface area contributed by atoms with Crippen LogP contribution in [0, 0.1) is 5.82 Å². The van der Waals surface area contributed by atoms with Gasteiger partial charge in [-0.1, -0.05) is 26.0 Å². The van der Waals surface area contributed by atoms with Gasteiger partial charge in [-0.15, -0.1) is 24.0 Å². The van der Waals surface area contributed by atoms with Crippen molar-refractivity contribution in [2.75, 3.05) is 31.6 Å². The summed E-state index contributed by atoms with van der Waals surface area (Å²) in [6, 6.07) is 6.49. The molecule has 0 saturated carbocycles. The standard InChI is InChI=1S/C16H26FN3O2S.HI/c1-5-18-15(19-9-10-23(4,21)22)20-12-16(2,3)13-7-6-8-14(17)11-13;/h6-8,11H,5,9-10,12H2,1-4H3,(H2,18,19,20);1H. The second kappa shape index (κ2) is 10.2. The first-order chi connectivity index (χ1) is 10.6. The van der Waals surface area contributed by atoms with Gasteiger partial charge in [0.25, 0.3) is 0 Å². The fraction of sp³-hybridized carbons (Fsp3) is 0.562. The lowest BCUT2D eigenvalue weighted by Gasteiger charge is -2.24. The van der Waals surface area contributed by atoms with Crippen LogP contribution in [0.15, 0.2) is 29.3 Å². The number of guanidine groups is 1. The number of rotatable bonds is 7. The zero-order chi connectivity index (χ0) is 17.5. The van der Waals surface area contributed by atoms with E-state index in [1.807, 2.05) is 26.8 Å². The zero-order valence-corrected chi connectivity index (χ0v) is 17.7. The molecule has 0 heterocycles. The molecule has 8 heteroatoms. The summed E-state index contributed by atoms with van der Waals surface area (Å²) in [5, 5.41) is 6.07. The van der Waals surface area contributed by atoms with Gasteiger partial charge < -0.3 is 10.6 Å². The number of benzene rings is 1. The van der Waals surface area contributed by atoms with Crippen molar-refractivity contribution in [1.82, 2.24) is 10.6 Å². The average molecular weight is 471 g/mol. The Morgan fingerprint density at radius 3 is 2.50 bits per heavy atom. The van der Waals surface area contributed by atoms with Crippen LogP contribution in [0.25, 0.3) is 0 Å². The van der Waals surface area contributed by atoms with Crippen LogP contribution in [0.4, 0.5) is 4.39 Å². The molecule has 5 nitrogen and oxygen atoms in total. The molecule has 0 radical (unpaired) electrons. The van der Waals surface area contributed by atoms with Gasteiger partial charge in [0, 0.05) is 24.8 Å². The van der Waals surface area contributed by atoms with E-state index < -0.39 is 9.84 Å². The summed E-state index contributed by atoms with van der Waals surface area (Å²) in [5.74, 6) is 0.336. The highest BCUT2D eigenvalue weighted by atomic mass is 127. The van der Waals surface area contributed by atoms with Gasteiger partial charge in [0.15, 0.2) is 5.96 Å². The maximum atomic E-state index is 13.4. The SMILES string of the molecule is CCNC(=NCC(C)(C)c1cccc(F)c1)NCCS(C)(=O)=O.I. The molecular formula is C16H27FIN3O2S. The molecule has 0 bridgehead atoms. The van der Waals surface area contributed by atoms with Crippen molar-refractivity contribution in [1.29, 1.82) is 0 Å². The van der Waals surface area contributed by atoms with Crippen LogP contribution >= 0.6 is 24.0 Å². The van der Waals surface area contributed by atoms with Crippen LogP contribution in [0.1, 0.15) is 26.3 Å². The molecule has 138 valence electrons. The normalized spacial score (nSPS) is 12.5. The second-order valence-corrected chi connectivity index (χ2v) is 8.41. The van der Waals surface area contributed by atoms with Crippen LogP contribution in [-0.2, 0) is 15.3 Å². The van der Waals surface area contributed by atoms with Crippen molar-refractivity contribution in [2.24, 2.45) is 4.99 Å². The number of nitrogens with zero attached hydrogens (tertiary/aromatic N) is 1. The van der Waals surface area contributed by atoms with E-state index in [4.69, 9.17) is 0 Å². The van der Waals surface area contributed by atoms with Crippen molar-refractivity contribution >= 4 is 39.8 Å². The van der Waals surface area contributed by atoms with Gasteiger partial charge in [-0.3, -0.25) is 4.99 Å². The summed E-state index contributed by atoms with van der Waals surface area (Å²) < 4.78 is 35.7. The Balaban J connectivity index is 0.00000529. The fourth-order valence-electron chi connectivity index (χ4n) is 1.97. The third kappa shape index (κ3) is 8.81. The Hall–Kier alpha value is -0.900. The number of hydrogen-bond donors (Lipinski definition) is 2. The van der Waals surface area contributed by atoms with Gasteiger partial charge in [-0.2, -0.15) is 0 Å². The van der Waals surface area contributed by atoms with E-state index in [9.17, 15) is 12.8 Å². The van der Waals surface area contributed by atoms with E-state index in [1.54, 1.807) is 6.07 Å². The number of sulfone groups is 1. The molecule has 0 spiro atoms. The minimum atomic E-state index is -3.01. The average Bonchev–Trinajstić information content (AvgIpc) is 2.43. The van der Waals surface area contributed by atoms with Gasteiger partial charge in [0.2, 0.25) is 0 Å². The second-order valence-electron chi connectivity index (χ2n) is 6.15. The molecule has 24 heavy (non-hydrogen) atoms. The zero-order valence-electron chi connectivity index (χ0n) is 14.6. The third-order valence-electron chi connectivity index (χ3n) is 3.35. The largest absolute Gasteiger partial charge is 0.357 e. The van der Waals surface area contributed by atoms with Gasteiger partial charge >= 0.3 is 0 Å². The van der Waals surface area contributed by atoms with Crippen molar-refractivity contribution in [2.45, 2.75) is 26.2 Å². The Bertz CT molecular complexity index is 648. The molecular weight excluding hydrogens is 444 g/mol. The van der Waals surface area contributed by atoms with Crippen molar-refractivity contribution < 1.29 is 12.8 Å². The number of nitrogens with one attached hydrogen (secondary N) is 2. The van der Waals surface area contributed by atoms with Crippen LogP contribution in [0.3, 0.4) is 0 Å². The highest BCUT2D eigenvalue weighted by molar-refractivity contribution is 14.0. The predicted molar refractivity (Wildman–Crippen MR) is 109 cm³/mol. The molecule has 0 aliphatic heterocycles. The van der Waals surface area contributed by atoms with E-state index in [2.05, 4.69) is 15.6 Å². The Kier molecular flexibility index (Phi) is 9.79.